The van der Waals surface area contributed by atoms with Crippen molar-refractivity contribution in [1.82, 2.24) is 14.4 Å². The van der Waals surface area contributed by atoms with Crippen LogP contribution in [0.25, 0.3) is 10.9 Å². The van der Waals surface area contributed by atoms with Gasteiger partial charge in [-0.05, 0) is 50.6 Å². The zero-order valence-corrected chi connectivity index (χ0v) is 15.6. The summed E-state index contributed by atoms with van der Waals surface area (Å²) in [5.41, 5.74) is 0.728. The van der Waals surface area contributed by atoms with E-state index in [2.05, 4.69) is 19.9 Å². The Morgan fingerprint density at radius 1 is 1.15 bits per heavy atom. The van der Waals surface area contributed by atoms with Gasteiger partial charge in [0, 0.05) is 37.4 Å². The van der Waals surface area contributed by atoms with Crippen molar-refractivity contribution in [2.75, 3.05) is 19.6 Å². The number of para-hydroxylation sites is 1. The quantitative estimate of drug-likeness (QED) is 0.852. The highest BCUT2D eigenvalue weighted by Gasteiger charge is 2.49. The molecule has 2 saturated heterocycles. The first-order valence-corrected chi connectivity index (χ1v) is 9.63. The summed E-state index contributed by atoms with van der Waals surface area (Å²) in [6.07, 6.45) is 4.72. The highest BCUT2D eigenvalue weighted by atomic mass is 16.2. The largest absolute Gasteiger partial charge is 0.340 e. The molecule has 5 nitrogen and oxygen atoms in total. The Labute approximate surface area is 154 Å². The van der Waals surface area contributed by atoms with Crippen molar-refractivity contribution in [3.63, 3.8) is 0 Å². The normalized spacial score (nSPS) is 23.6. The van der Waals surface area contributed by atoms with Crippen LogP contribution in [0.3, 0.4) is 0 Å². The number of piperidine rings is 1. The first kappa shape index (κ1) is 17.1. The summed E-state index contributed by atoms with van der Waals surface area (Å²) in [7, 11) is 0. The molecule has 2 amide bonds. The van der Waals surface area contributed by atoms with Crippen molar-refractivity contribution in [2.24, 2.45) is 5.41 Å². The van der Waals surface area contributed by atoms with Gasteiger partial charge in [-0.3, -0.25) is 9.59 Å². The Morgan fingerprint density at radius 3 is 2.77 bits per heavy atom. The predicted molar refractivity (Wildman–Crippen MR) is 102 cm³/mol. The summed E-state index contributed by atoms with van der Waals surface area (Å²) < 4.78 is 2.01. The molecule has 26 heavy (non-hydrogen) atoms. The second-order valence-electron chi connectivity index (χ2n) is 8.04. The van der Waals surface area contributed by atoms with E-state index in [-0.39, 0.29) is 23.3 Å². The number of benzene rings is 1. The van der Waals surface area contributed by atoms with Gasteiger partial charge in [-0.2, -0.15) is 0 Å². The lowest BCUT2D eigenvalue weighted by atomic mass is 9.78. The highest BCUT2D eigenvalue weighted by Crippen LogP contribution is 2.40. The van der Waals surface area contributed by atoms with Gasteiger partial charge in [-0.15, -0.1) is 0 Å². The van der Waals surface area contributed by atoms with Crippen LogP contribution in [0.4, 0.5) is 0 Å². The molecule has 138 valence electrons. The minimum absolute atomic E-state index is 0.109. The summed E-state index contributed by atoms with van der Waals surface area (Å²) in [5.74, 6) is 0.359. The van der Waals surface area contributed by atoms with E-state index in [4.69, 9.17) is 0 Å². The van der Waals surface area contributed by atoms with Crippen molar-refractivity contribution >= 4 is 22.7 Å². The van der Waals surface area contributed by atoms with Gasteiger partial charge in [0.25, 0.3) is 0 Å². The van der Waals surface area contributed by atoms with Gasteiger partial charge in [0.15, 0.2) is 0 Å². The molecule has 1 atom stereocenters. The second kappa shape index (κ2) is 6.45. The van der Waals surface area contributed by atoms with Gasteiger partial charge in [0.2, 0.25) is 11.8 Å². The maximum atomic E-state index is 13.0. The molecular weight excluding hydrogens is 326 g/mol. The number of carbonyl (C=O) groups is 2. The molecule has 2 aliphatic heterocycles. The zero-order valence-electron chi connectivity index (χ0n) is 15.6. The fourth-order valence-corrected chi connectivity index (χ4v) is 4.58. The van der Waals surface area contributed by atoms with Crippen molar-refractivity contribution in [2.45, 2.75) is 45.7 Å². The number of carbonyl (C=O) groups excluding carboxylic acids is 2. The number of hydrogen-bond acceptors (Lipinski definition) is 2. The molecule has 2 aliphatic rings. The number of likely N-dealkylation sites (tertiary alicyclic amines) is 2. The van der Waals surface area contributed by atoms with Gasteiger partial charge in [0.05, 0.1) is 5.41 Å². The van der Waals surface area contributed by atoms with E-state index in [9.17, 15) is 9.59 Å². The predicted octanol–water partition coefficient (Wildman–Crippen LogP) is 2.89. The van der Waals surface area contributed by atoms with E-state index in [1.54, 1.807) is 0 Å². The number of aromatic nitrogens is 1. The van der Waals surface area contributed by atoms with Crippen LogP contribution >= 0.6 is 0 Å². The average Bonchev–Trinajstić information content (AvgIpc) is 3.23. The first-order valence-electron chi connectivity index (χ1n) is 9.63. The van der Waals surface area contributed by atoms with Crippen molar-refractivity contribution < 1.29 is 9.59 Å². The lowest BCUT2D eigenvalue weighted by molar-refractivity contribution is -0.148. The van der Waals surface area contributed by atoms with Crippen LogP contribution in [0.1, 0.15) is 33.1 Å². The van der Waals surface area contributed by atoms with Crippen molar-refractivity contribution in [1.29, 1.82) is 0 Å². The minimum Gasteiger partial charge on any atom is -0.340 e. The molecular formula is C21H27N3O2. The Hall–Kier alpha value is -2.30. The van der Waals surface area contributed by atoms with Crippen LogP contribution in [0.5, 0.6) is 0 Å². The summed E-state index contributed by atoms with van der Waals surface area (Å²) in [4.78, 5) is 29.8. The van der Waals surface area contributed by atoms with Gasteiger partial charge in [0.1, 0.15) is 6.54 Å². The van der Waals surface area contributed by atoms with Crippen LogP contribution in [0, 0.1) is 5.41 Å². The summed E-state index contributed by atoms with van der Waals surface area (Å²) in [6.45, 7) is 6.61. The lowest BCUT2D eigenvalue weighted by Crippen LogP contribution is -2.52. The first-order chi connectivity index (χ1) is 12.5. The molecule has 2 aromatic rings. The van der Waals surface area contributed by atoms with Gasteiger partial charge in [-0.25, -0.2) is 0 Å². The molecule has 3 heterocycles. The van der Waals surface area contributed by atoms with Crippen LogP contribution in [-0.4, -0.2) is 51.9 Å². The molecule has 0 unspecified atom stereocenters. The third kappa shape index (κ3) is 2.79. The Bertz CT molecular complexity index is 841. The fraction of sp³-hybridized carbons (Fsp3) is 0.524. The third-order valence-corrected chi connectivity index (χ3v) is 6.08. The smallest absolute Gasteiger partial charge is 0.242 e. The molecule has 2 fully saturated rings. The monoisotopic (exact) mass is 353 g/mol. The SMILES string of the molecule is CC(C)N1CCC[C@]2(CCN(C(=O)Cn3ccc4ccccc43)C2)C1=O. The topological polar surface area (TPSA) is 45.5 Å². The third-order valence-electron chi connectivity index (χ3n) is 6.08. The van der Waals surface area contributed by atoms with Gasteiger partial charge < -0.3 is 14.4 Å². The van der Waals surface area contributed by atoms with Gasteiger partial charge in [-0.1, -0.05) is 18.2 Å². The summed E-state index contributed by atoms with van der Waals surface area (Å²) >= 11 is 0. The van der Waals surface area contributed by atoms with E-state index in [1.807, 2.05) is 44.8 Å². The average molecular weight is 353 g/mol. The molecule has 0 saturated carbocycles. The fourth-order valence-electron chi connectivity index (χ4n) is 4.58. The molecule has 4 rings (SSSR count). The van der Waals surface area contributed by atoms with E-state index < -0.39 is 0 Å². The molecule has 1 aromatic heterocycles. The van der Waals surface area contributed by atoms with Crippen LogP contribution in [0.2, 0.25) is 0 Å². The Kier molecular flexibility index (Phi) is 4.25. The Morgan fingerprint density at radius 2 is 1.96 bits per heavy atom. The second-order valence-corrected chi connectivity index (χ2v) is 8.04. The Balaban J connectivity index is 1.48. The van der Waals surface area contributed by atoms with E-state index >= 15 is 0 Å². The van der Waals surface area contributed by atoms with Crippen LogP contribution in [-0.2, 0) is 16.1 Å². The number of nitrogens with zero attached hydrogens (tertiary/aromatic N) is 3. The molecule has 1 spiro atoms. The van der Waals surface area contributed by atoms with Crippen LogP contribution < -0.4 is 0 Å². The molecule has 0 aliphatic carbocycles. The zero-order chi connectivity index (χ0) is 18.3. The molecule has 0 bridgehead atoms. The minimum atomic E-state index is -0.350. The molecule has 5 heteroatoms. The molecule has 0 radical (unpaired) electrons. The molecule has 1 aromatic carbocycles. The number of fused-ring (bicyclic) bond motifs is 1. The lowest BCUT2D eigenvalue weighted by Gasteiger charge is -2.41. The maximum absolute atomic E-state index is 13.0. The number of hydrogen-bond donors (Lipinski definition) is 0. The summed E-state index contributed by atoms with van der Waals surface area (Å²) in [6, 6.07) is 10.4. The summed E-state index contributed by atoms with van der Waals surface area (Å²) in [5, 5.41) is 1.15. The maximum Gasteiger partial charge on any atom is 0.242 e. The molecule has 0 N–H and O–H groups in total. The highest BCUT2D eigenvalue weighted by molar-refractivity contribution is 5.87. The number of rotatable bonds is 3. The van der Waals surface area contributed by atoms with E-state index in [0.29, 0.717) is 19.6 Å². The van der Waals surface area contributed by atoms with Crippen molar-refractivity contribution in [3.05, 3.63) is 36.5 Å². The van der Waals surface area contributed by atoms with Crippen LogP contribution in [0.15, 0.2) is 36.5 Å². The van der Waals surface area contributed by atoms with E-state index in [0.717, 1.165) is 36.7 Å². The standard InChI is InChI=1S/C21H27N3O2/c1-16(2)24-11-5-9-21(20(24)26)10-13-23(15-21)19(25)14-22-12-8-17-6-3-4-7-18(17)22/h3-4,6-8,12,16H,5,9-11,13-15H2,1-2H3/t21-/m1/s1. The number of amides is 2. The van der Waals surface area contributed by atoms with E-state index in [1.165, 1.54) is 0 Å². The van der Waals surface area contributed by atoms with Crippen molar-refractivity contribution in [3.8, 4) is 0 Å². The van der Waals surface area contributed by atoms with Gasteiger partial charge >= 0.3 is 0 Å².